The van der Waals surface area contributed by atoms with Gasteiger partial charge in [-0.05, 0) is 38.0 Å². The van der Waals surface area contributed by atoms with Gasteiger partial charge in [0, 0.05) is 17.0 Å². The highest BCUT2D eigenvalue weighted by Crippen LogP contribution is 2.35. The first-order valence-corrected chi connectivity index (χ1v) is 7.52. The van der Waals surface area contributed by atoms with Crippen LogP contribution in [0.15, 0.2) is 12.1 Å². The van der Waals surface area contributed by atoms with Crippen molar-refractivity contribution in [2.24, 2.45) is 0 Å². The smallest absolute Gasteiger partial charge is 0.133 e. The molecular weight excluding hydrogens is 280 g/mol. The molecule has 0 aliphatic rings. The van der Waals surface area contributed by atoms with Crippen molar-refractivity contribution in [1.29, 1.82) is 0 Å². The van der Waals surface area contributed by atoms with E-state index in [-0.39, 0.29) is 0 Å². The van der Waals surface area contributed by atoms with Gasteiger partial charge in [0.05, 0.1) is 12.8 Å². The van der Waals surface area contributed by atoms with E-state index in [4.69, 9.17) is 17.0 Å². The molecule has 0 atom stereocenters. The monoisotopic (exact) mass is 302 g/mol. The Kier molecular flexibility index (Phi) is 4.47. The summed E-state index contributed by atoms with van der Waals surface area (Å²) in [5.74, 6) is 2.06. The minimum absolute atomic E-state index is 0.294. The Bertz CT molecular complexity index is 732. The number of aryl methyl sites for hydroxylation is 2. The molecule has 0 amide bonds. The lowest BCUT2D eigenvalue weighted by Gasteiger charge is -2.17. The van der Waals surface area contributed by atoms with E-state index in [2.05, 4.69) is 43.7 Å². The van der Waals surface area contributed by atoms with E-state index in [0.29, 0.717) is 10.6 Å². The van der Waals surface area contributed by atoms with Crippen LogP contribution in [0.4, 0.5) is 0 Å². The molecule has 0 radical (unpaired) electrons. The topological polar surface area (TPSA) is 37.9 Å². The highest BCUT2D eigenvalue weighted by atomic mass is 32.1. The molecule has 1 N–H and O–H groups in total. The minimum Gasteiger partial charge on any atom is -0.496 e. The van der Waals surface area contributed by atoms with Gasteiger partial charge in [-0.15, -0.1) is 0 Å². The Balaban J connectivity index is 2.81. The number of hydrogen-bond donors (Lipinski definition) is 1. The lowest BCUT2D eigenvalue weighted by atomic mass is 9.98. The Morgan fingerprint density at radius 2 is 1.86 bits per heavy atom. The normalized spacial score (nSPS) is 11.0. The van der Waals surface area contributed by atoms with Crippen molar-refractivity contribution in [3.8, 4) is 17.0 Å². The summed E-state index contributed by atoms with van der Waals surface area (Å²) in [5, 5.41) is 0. The van der Waals surface area contributed by atoms with Gasteiger partial charge in [0.25, 0.3) is 0 Å². The zero-order valence-electron chi connectivity index (χ0n) is 13.5. The van der Waals surface area contributed by atoms with Gasteiger partial charge < -0.3 is 9.72 Å². The van der Waals surface area contributed by atoms with Gasteiger partial charge >= 0.3 is 0 Å². The summed E-state index contributed by atoms with van der Waals surface area (Å²) in [4.78, 5) is 7.93. The summed E-state index contributed by atoms with van der Waals surface area (Å²) in [6.07, 6.45) is 0. The maximum absolute atomic E-state index is 5.58. The van der Waals surface area contributed by atoms with Gasteiger partial charge in [0.15, 0.2) is 0 Å². The second-order valence-electron chi connectivity index (χ2n) is 5.74. The fourth-order valence-corrected chi connectivity index (χ4v) is 2.68. The van der Waals surface area contributed by atoms with Gasteiger partial charge in [-0.1, -0.05) is 32.1 Å². The third-order valence-electron chi connectivity index (χ3n) is 3.63. The second kappa shape index (κ2) is 5.98. The first-order valence-electron chi connectivity index (χ1n) is 7.11. The van der Waals surface area contributed by atoms with Crippen LogP contribution in [0.3, 0.4) is 0 Å². The number of ether oxygens (including phenoxy) is 1. The molecule has 0 saturated carbocycles. The summed E-state index contributed by atoms with van der Waals surface area (Å²) >= 11 is 5.42. The van der Waals surface area contributed by atoms with Crippen molar-refractivity contribution in [2.75, 3.05) is 7.11 Å². The zero-order valence-corrected chi connectivity index (χ0v) is 14.3. The highest BCUT2D eigenvalue weighted by Gasteiger charge is 2.16. The van der Waals surface area contributed by atoms with Crippen LogP contribution in [0.5, 0.6) is 5.75 Å². The molecule has 0 bridgehead atoms. The maximum Gasteiger partial charge on any atom is 0.133 e. The number of rotatable bonds is 3. The molecule has 0 aliphatic carbocycles. The summed E-state index contributed by atoms with van der Waals surface area (Å²) in [6, 6.07) is 4.21. The van der Waals surface area contributed by atoms with Gasteiger partial charge in [-0.2, -0.15) is 0 Å². The Morgan fingerprint density at radius 3 is 2.43 bits per heavy atom. The molecule has 112 valence electrons. The van der Waals surface area contributed by atoms with Crippen LogP contribution in [0.1, 0.15) is 42.3 Å². The van der Waals surface area contributed by atoms with Gasteiger partial charge in [-0.25, -0.2) is 4.98 Å². The molecule has 0 aliphatic heterocycles. The predicted molar refractivity (Wildman–Crippen MR) is 89.7 cm³/mol. The minimum atomic E-state index is 0.294. The van der Waals surface area contributed by atoms with Crippen LogP contribution >= 0.6 is 12.2 Å². The largest absolute Gasteiger partial charge is 0.496 e. The van der Waals surface area contributed by atoms with Crippen molar-refractivity contribution in [1.82, 2.24) is 9.97 Å². The maximum atomic E-state index is 5.58. The van der Waals surface area contributed by atoms with Crippen molar-refractivity contribution in [3.05, 3.63) is 39.3 Å². The van der Waals surface area contributed by atoms with Crippen LogP contribution in [0.2, 0.25) is 0 Å². The van der Waals surface area contributed by atoms with Crippen molar-refractivity contribution < 1.29 is 4.74 Å². The fourth-order valence-electron chi connectivity index (χ4n) is 2.48. The van der Waals surface area contributed by atoms with E-state index >= 15 is 0 Å². The number of nitrogens with one attached hydrogen (secondary N) is 1. The number of nitrogens with zero attached hydrogens (tertiary/aromatic N) is 1. The number of hydrogen-bond acceptors (Lipinski definition) is 3. The standard InChI is InChI=1S/C17H22N2OS/c1-9(2)16-18-15(12(5)17(21)19-16)14-11(4)7-10(3)8-13(14)20-6/h7-9H,1-6H3,(H,18,19,21). The van der Waals surface area contributed by atoms with Crippen molar-refractivity contribution in [3.63, 3.8) is 0 Å². The van der Waals surface area contributed by atoms with E-state index in [1.165, 1.54) is 11.1 Å². The second-order valence-corrected chi connectivity index (χ2v) is 6.13. The average molecular weight is 302 g/mol. The van der Waals surface area contributed by atoms with E-state index in [1.54, 1.807) is 7.11 Å². The number of benzene rings is 1. The van der Waals surface area contributed by atoms with Crippen LogP contribution in [-0.2, 0) is 0 Å². The summed E-state index contributed by atoms with van der Waals surface area (Å²) in [6.45, 7) is 10.4. The van der Waals surface area contributed by atoms with Gasteiger partial charge in [-0.3, -0.25) is 0 Å². The molecule has 0 spiro atoms. The van der Waals surface area contributed by atoms with Gasteiger partial charge in [0.1, 0.15) is 16.2 Å². The van der Waals surface area contributed by atoms with Gasteiger partial charge in [0.2, 0.25) is 0 Å². The molecule has 1 aromatic carbocycles. The van der Waals surface area contributed by atoms with Crippen LogP contribution in [0, 0.1) is 25.4 Å². The zero-order chi connectivity index (χ0) is 15.7. The van der Waals surface area contributed by atoms with Crippen molar-refractivity contribution in [2.45, 2.75) is 40.5 Å². The number of aromatic amines is 1. The number of H-pyrrole nitrogens is 1. The quantitative estimate of drug-likeness (QED) is 0.822. The lowest BCUT2D eigenvalue weighted by Crippen LogP contribution is -2.04. The molecule has 2 rings (SSSR count). The van der Waals surface area contributed by atoms with Crippen LogP contribution in [-0.4, -0.2) is 17.1 Å². The fraction of sp³-hybridized carbons (Fsp3) is 0.412. The molecule has 2 aromatic rings. The average Bonchev–Trinajstić information content (AvgIpc) is 2.41. The third kappa shape index (κ3) is 3.00. The molecule has 21 heavy (non-hydrogen) atoms. The first kappa shape index (κ1) is 15.7. The molecule has 3 nitrogen and oxygen atoms in total. The van der Waals surface area contributed by atoms with E-state index in [0.717, 1.165) is 28.4 Å². The van der Waals surface area contributed by atoms with Crippen molar-refractivity contribution >= 4 is 12.2 Å². The Labute approximate surface area is 131 Å². The first-order chi connectivity index (χ1) is 9.85. The lowest BCUT2D eigenvalue weighted by molar-refractivity contribution is 0.415. The Morgan fingerprint density at radius 1 is 1.19 bits per heavy atom. The molecule has 0 fully saturated rings. The number of aromatic nitrogens is 2. The molecule has 0 saturated heterocycles. The SMILES string of the molecule is COc1cc(C)cc(C)c1-c1[nH]c(C(C)C)nc(=S)c1C. The highest BCUT2D eigenvalue weighted by molar-refractivity contribution is 7.71. The van der Waals surface area contributed by atoms with Crippen LogP contribution < -0.4 is 4.74 Å². The Hall–Kier alpha value is -1.68. The molecule has 1 heterocycles. The molecule has 0 unspecified atom stereocenters. The van der Waals surface area contributed by atoms with E-state index < -0.39 is 0 Å². The number of methoxy groups -OCH3 is 1. The van der Waals surface area contributed by atoms with Crippen LogP contribution in [0.25, 0.3) is 11.3 Å². The molecule has 1 aromatic heterocycles. The molecule has 4 heteroatoms. The van der Waals surface area contributed by atoms with E-state index in [9.17, 15) is 0 Å². The summed E-state index contributed by atoms with van der Waals surface area (Å²) < 4.78 is 6.23. The molecular formula is C17H22N2OS. The van der Waals surface area contributed by atoms with E-state index in [1.807, 2.05) is 13.0 Å². The summed E-state index contributed by atoms with van der Waals surface area (Å²) in [7, 11) is 1.70. The third-order valence-corrected chi connectivity index (χ3v) is 4.03. The predicted octanol–water partition coefficient (Wildman–Crippen LogP) is 4.86. The summed E-state index contributed by atoms with van der Waals surface area (Å²) in [5.41, 5.74) is 5.41.